The summed E-state index contributed by atoms with van der Waals surface area (Å²) in [6, 6.07) is 18.7. The summed E-state index contributed by atoms with van der Waals surface area (Å²) >= 11 is 0. The highest BCUT2D eigenvalue weighted by Gasteiger charge is 2.15. The van der Waals surface area contributed by atoms with E-state index in [4.69, 9.17) is 9.15 Å². The average molecular weight is 455 g/mol. The molecule has 3 aromatic carbocycles. The van der Waals surface area contributed by atoms with E-state index in [0.29, 0.717) is 44.7 Å². The molecular formula is C27H21NO6. The van der Waals surface area contributed by atoms with Gasteiger partial charge in [0.15, 0.2) is 5.43 Å². The van der Waals surface area contributed by atoms with E-state index in [1.807, 2.05) is 19.1 Å². The zero-order chi connectivity index (χ0) is 23.8. The smallest absolute Gasteiger partial charge is 0.336 e. The van der Waals surface area contributed by atoms with Crippen LogP contribution in [0, 0.1) is 0 Å². The number of aromatic nitrogens is 1. The van der Waals surface area contributed by atoms with E-state index in [1.165, 1.54) is 12.1 Å². The van der Waals surface area contributed by atoms with Crippen LogP contribution in [0.4, 0.5) is 0 Å². The molecule has 0 amide bonds. The van der Waals surface area contributed by atoms with Gasteiger partial charge in [0.25, 0.3) is 0 Å². The molecule has 0 unspecified atom stereocenters. The standard InChI is InChI=1S/C27H21NO6/c1-2-16-11-20-17(12-25(30)34-24(20)13-23(16)29)15-33-26(31)14-28-21-9-5-3-7-18(21)27(32)19-8-4-6-10-22(19)28/h3-13,29H,2,14-15H2,1H3. The number of phenolic OH excluding ortho intramolecular Hbond substituents is 1. The Morgan fingerprint density at radius 1 is 0.912 bits per heavy atom. The summed E-state index contributed by atoms with van der Waals surface area (Å²) in [4.78, 5) is 37.8. The van der Waals surface area contributed by atoms with Crippen molar-refractivity contribution in [3.63, 3.8) is 0 Å². The zero-order valence-electron chi connectivity index (χ0n) is 18.4. The number of aryl methyl sites for hydroxylation is 1. The van der Waals surface area contributed by atoms with Crippen molar-refractivity contribution in [2.24, 2.45) is 0 Å². The molecule has 0 aliphatic heterocycles. The number of para-hydroxylation sites is 2. The van der Waals surface area contributed by atoms with Crippen LogP contribution in [0.5, 0.6) is 5.75 Å². The van der Waals surface area contributed by atoms with Crippen LogP contribution in [0.3, 0.4) is 0 Å². The number of hydrogen-bond acceptors (Lipinski definition) is 6. The number of hydrogen-bond donors (Lipinski definition) is 1. The molecule has 170 valence electrons. The van der Waals surface area contributed by atoms with E-state index >= 15 is 0 Å². The summed E-state index contributed by atoms with van der Waals surface area (Å²) in [5.41, 5.74) is 2.00. The van der Waals surface area contributed by atoms with E-state index in [1.54, 1.807) is 47.0 Å². The van der Waals surface area contributed by atoms with Crippen molar-refractivity contribution in [2.75, 3.05) is 0 Å². The maximum Gasteiger partial charge on any atom is 0.336 e. The molecule has 7 nitrogen and oxygen atoms in total. The highest BCUT2D eigenvalue weighted by molar-refractivity contribution is 5.94. The first-order valence-corrected chi connectivity index (χ1v) is 10.9. The molecule has 34 heavy (non-hydrogen) atoms. The Labute approximate surface area is 193 Å². The van der Waals surface area contributed by atoms with Gasteiger partial charge in [0.2, 0.25) is 0 Å². The number of benzene rings is 3. The van der Waals surface area contributed by atoms with Crippen LogP contribution < -0.4 is 11.1 Å². The van der Waals surface area contributed by atoms with Gasteiger partial charge in [-0.3, -0.25) is 9.59 Å². The molecule has 0 aliphatic rings. The first kappa shape index (κ1) is 21.5. The van der Waals surface area contributed by atoms with E-state index in [2.05, 4.69) is 0 Å². The Morgan fingerprint density at radius 3 is 2.21 bits per heavy atom. The van der Waals surface area contributed by atoms with Gasteiger partial charge >= 0.3 is 11.6 Å². The lowest BCUT2D eigenvalue weighted by molar-refractivity contribution is -0.145. The number of rotatable bonds is 5. The number of esters is 1. The molecule has 0 spiro atoms. The van der Waals surface area contributed by atoms with Crippen molar-refractivity contribution < 1.29 is 19.1 Å². The number of aromatic hydroxyl groups is 1. The van der Waals surface area contributed by atoms with Gasteiger partial charge in [-0.05, 0) is 42.3 Å². The Morgan fingerprint density at radius 2 is 1.56 bits per heavy atom. The largest absolute Gasteiger partial charge is 0.508 e. The van der Waals surface area contributed by atoms with Gasteiger partial charge in [0.05, 0.1) is 11.0 Å². The third-order valence-electron chi connectivity index (χ3n) is 5.97. The summed E-state index contributed by atoms with van der Waals surface area (Å²) < 4.78 is 12.5. The van der Waals surface area contributed by atoms with Crippen LogP contribution >= 0.6 is 0 Å². The van der Waals surface area contributed by atoms with Crippen LogP contribution in [-0.4, -0.2) is 15.6 Å². The normalized spacial score (nSPS) is 11.3. The van der Waals surface area contributed by atoms with E-state index in [0.717, 1.165) is 0 Å². The highest BCUT2D eigenvalue weighted by atomic mass is 16.5. The molecule has 1 N–H and O–H groups in total. The predicted molar refractivity (Wildman–Crippen MR) is 129 cm³/mol. The summed E-state index contributed by atoms with van der Waals surface area (Å²) in [5.74, 6) is -0.473. The van der Waals surface area contributed by atoms with Gasteiger partial charge in [-0.25, -0.2) is 4.79 Å². The minimum absolute atomic E-state index is 0.0456. The van der Waals surface area contributed by atoms with Crippen LogP contribution in [0.2, 0.25) is 0 Å². The molecule has 0 saturated heterocycles. The Balaban J connectivity index is 1.49. The molecule has 0 saturated carbocycles. The van der Waals surface area contributed by atoms with Gasteiger partial charge in [0, 0.05) is 33.9 Å². The number of pyridine rings is 1. The molecule has 0 radical (unpaired) electrons. The van der Waals surface area contributed by atoms with Gasteiger partial charge < -0.3 is 18.8 Å². The molecule has 0 bridgehead atoms. The van der Waals surface area contributed by atoms with Gasteiger partial charge in [0.1, 0.15) is 24.5 Å². The molecular weight excluding hydrogens is 434 g/mol. The summed E-state index contributed by atoms with van der Waals surface area (Å²) in [6.45, 7) is 1.66. The second-order valence-corrected chi connectivity index (χ2v) is 8.03. The SMILES string of the molecule is CCc1cc2c(COC(=O)Cn3c4ccccc4c(=O)c4ccccc43)cc(=O)oc2cc1O. The van der Waals surface area contributed by atoms with Crippen molar-refractivity contribution in [2.45, 2.75) is 26.5 Å². The minimum atomic E-state index is -0.598. The lowest BCUT2D eigenvalue weighted by atomic mass is 10.0. The average Bonchev–Trinajstić information content (AvgIpc) is 2.84. The number of phenols is 1. The molecule has 2 aromatic heterocycles. The van der Waals surface area contributed by atoms with Gasteiger partial charge in [-0.15, -0.1) is 0 Å². The Kier molecular flexibility index (Phi) is 5.37. The second kappa shape index (κ2) is 8.51. The van der Waals surface area contributed by atoms with Crippen molar-refractivity contribution in [3.8, 4) is 5.75 Å². The first-order valence-electron chi connectivity index (χ1n) is 10.9. The fourth-order valence-electron chi connectivity index (χ4n) is 4.29. The number of fused-ring (bicyclic) bond motifs is 3. The summed E-state index contributed by atoms with van der Waals surface area (Å²) in [7, 11) is 0. The lowest BCUT2D eigenvalue weighted by Crippen LogP contribution is -2.18. The van der Waals surface area contributed by atoms with E-state index in [-0.39, 0.29) is 29.9 Å². The van der Waals surface area contributed by atoms with Crippen LogP contribution in [0.15, 0.2) is 80.7 Å². The van der Waals surface area contributed by atoms with Crippen molar-refractivity contribution in [3.05, 3.63) is 98.5 Å². The third-order valence-corrected chi connectivity index (χ3v) is 5.97. The zero-order valence-corrected chi connectivity index (χ0v) is 18.4. The Hall–Kier alpha value is -4.39. The number of nitrogens with zero attached hydrogens (tertiary/aromatic N) is 1. The highest BCUT2D eigenvalue weighted by Crippen LogP contribution is 2.27. The lowest BCUT2D eigenvalue weighted by Gasteiger charge is -2.15. The van der Waals surface area contributed by atoms with E-state index in [9.17, 15) is 19.5 Å². The maximum atomic E-state index is 12.9. The minimum Gasteiger partial charge on any atom is -0.508 e. The molecule has 0 aliphatic carbocycles. The molecule has 0 atom stereocenters. The maximum absolute atomic E-state index is 12.9. The summed E-state index contributed by atoms with van der Waals surface area (Å²) in [5, 5.41) is 11.7. The predicted octanol–water partition coefficient (Wildman–Crippen LogP) is 4.27. The van der Waals surface area contributed by atoms with Gasteiger partial charge in [-0.2, -0.15) is 0 Å². The van der Waals surface area contributed by atoms with Crippen molar-refractivity contribution >= 4 is 38.7 Å². The first-order chi connectivity index (χ1) is 16.5. The second-order valence-electron chi connectivity index (χ2n) is 8.03. The molecule has 7 heteroatoms. The number of carbonyl (C=O) groups is 1. The van der Waals surface area contributed by atoms with Crippen molar-refractivity contribution in [1.82, 2.24) is 4.57 Å². The van der Waals surface area contributed by atoms with E-state index < -0.39 is 11.6 Å². The van der Waals surface area contributed by atoms with Crippen molar-refractivity contribution in [1.29, 1.82) is 0 Å². The Bertz CT molecular complexity index is 1640. The topological polar surface area (TPSA) is 98.7 Å². The summed E-state index contributed by atoms with van der Waals surface area (Å²) in [6.07, 6.45) is 0.590. The molecule has 5 rings (SSSR count). The third kappa shape index (κ3) is 3.71. The van der Waals surface area contributed by atoms with Crippen LogP contribution in [0.25, 0.3) is 32.8 Å². The van der Waals surface area contributed by atoms with Crippen LogP contribution in [-0.2, 0) is 29.1 Å². The van der Waals surface area contributed by atoms with Crippen LogP contribution in [0.1, 0.15) is 18.1 Å². The fraction of sp³-hybridized carbons (Fsp3) is 0.148. The molecule has 2 heterocycles. The number of ether oxygens (including phenoxy) is 1. The monoisotopic (exact) mass is 455 g/mol. The molecule has 5 aromatic rings. The molecule has 0 fully saturated rings. The number of carbonyl (C=O) groups excluding carboxylic acids is 1. The van der Waals surface area contributed by atoms with Gasteiger partial charge in [-0.1, -0.05) is 31.2 Å². The quantitative estimate of drug-likeness (QED) is 0.241. The fourth-order valence-corrected chi connectivity index (χ4v) is 4.29.